The lowest BCUT2D eigenvalue weighted by atomic mass is 9.97. The monoisotopic (exact) mass is 425 g/mol. The van der Waals surface area contributed by atoms with Crippen LogP contribution in [0.25, 0.3) is 0 Å². The van der Waals surface area contributed by atoms with E-state index >= 15 is 0 Å². The van der Waals surface area contributed by atoms with Crippen molar-refractivity contribution in [1.29, 1.82) is 0 Å². The summed E-state index contributed by atoms with van der Waals surface area (Å²) in [5.41, 5.74) is 0. The number of guanidine groups is 1. The number of halogens is 1. The number of carbonyl (C=O) groups is 1. The Balaban J connectivity index is 0.00000441. The molecular formula is C16H32IN3O2. The summed E-state index contributed by atoms with van der Waals surface area (Å²) in [5, 5.41) is 3.47. The van der Waals surface area contributed by atoms with Gasteiger partial charge in [0.05, 0.1) is 12.5 Å². The van der Waals surface area contributed by atoms with E-state index in [0.29, 0.717) is 12.5 Å². The zero-order valence-corrected chi connectivity index (χ0v) is 16.8. The van der Waals surface area contributed by atoms with E-state index in [9.17, 15) is 4.79 Å². The van der Waals surface area contributed by atoms with E-state index < -0.39 is 0 Å². The Hall–Kier alpha value is -0.530. The normalized spacial score (nSPS) is 16.4. The van der Waals surface area contributed by atoms with Gasteiger partial charge in [-0.2, -0.15) is 0 Å². The third kappa shape index (κ3) is 6.71. The van der Waals surface area contributed by atoms with E-state index in [1.165, 1.54) is 12.8 Å². The summed E-state index contributed by atoms with van der Waals surface area (Å²) in [5.74, 6) is 1.67. The van der Waals surface area contributed by atoms with Crippen LogP contribution in [0, 0.1) is 11.8 Å². The van der Waals surface area contributed by atoms with Crippen LogP contribution in [-0.2, 0) is 9.53 Å². The molecule has 0 aromatic rings. The molecule has 6 heteroatoms. The highest BCUT2D eigenvalue weighted by Gasteiger charge is 2.27. The van der Waals surface area contributed by atoms with Crippen LogP contribution in [0.2, 0.25) is 0 Å². The van der Waals surface area contributed by atoms with Crippen LogP contribution in [-0.4, -0.2) is 50.1 Å². The molecule has 0 saturated carbocycles. The molecule has 0 amide bonds. The fourth-order valence-electron chi connectivity index (χ4n) is 2.73. The fourth-order valence-corrected chi connectivity index (χ4v) is 2.73. The number of likely N-dealkylation sites (tertiary alicyclic amines) is 1. The summed E-state index contributed by atoms with van der Waals surface area (Å²) in [6.45, 7) is 9.48. The number of aliphatic imine (C=N–C) groups is 1. The molecule has 130 valence electrons. The van der Waals surface area contributed by atoms with Gasteiger partial charge in [0.2, 0.25) is 0 Å². The van der Waals surface area contributed by atoms with Gasteiger partial charge in [0.1, 0.15) is 0 Å². The van der Waals surface area contributed by atoms with Crippen LogP contribution >= 0.6 is 24.0 Å². The van der Waals surface area contributed by atoms with Gasteiger partial charge in [-0.25, -0.2) is 0 Å². The number of nitrogens with zero attached hydrogens (tertiary/aromatic N) is 2. The molecular weight excluding hydrogens is 393 g/mol. The maximum Gasteiger partial charge on any atom is 0.309 e. The molecule has 1 heterocycles. The maximum absolute atomic E-state index is 11.8. The molecule has 0 radical (unpaired) electrons. The molecule has 0 spiro atoms. The van der Waals surface area contributed by atoms with Crippen LogP contribution in [0.1, 0.15) is 46.5 Å². The largest absolute Gasteiger partial charge is 0.466 e. The summed E-state index contributed by atoms with van der Waals surface area (Å²) in [4.78, 5) is 18.4. The number of piperidine rings is 1. The summed E-state index contributed by atoms with van der Waals surface area (Å²) in [7, 11) is 1.83. The lowest BCUT2D eigenvalue weighted by molar-refractivity contribution is -0.149. The molecule has 0 unspecified atom stereocenters. The van der Waals surface area contributed by atoms with Crippen LogP contribution in [0.15, 0.2) is 4.99 Å². The second-order valence-corrected chi connectivity index (χ2v) is 5.62. The van der Waals surface area contributed by atoms with Gasteiger partial charge in [-0.15, -0.1) is 24.0 Å². The Morgan fingerprint density at radius 2 is 1.86 bits per heavy atom. The van der Waals surface area contributed by atoms with Gasteiger partial charge in [0.25, 0.3) is 0 Å². The van der Waals surface area contributed by atoms with E-state index in [0.717, 1.165) is 38.4 Å². The zero-order chi connectivity index (χ0) is 15.7. The Bertz CT molecular complexity index is 338. The summed E-state index contributed by atoms with van der Waals surface area (Å²) >= 11 is 0. The average molecular weight is 425 g/mol. The van der Waals surface area contributed by atoms with Gasteiger partial charge < -0.3 is 15.0 Å². The summed E-state index contributed by atoms with van der Waals surface area (Å²) in [6, 6.07) is 0. The molecule has 1 rings (SSSR count). The number of esters is 1. The first-order valence-electron chi connectivity index (χ1n) is 8.28. The molecule has 1 N–H and O–H groups in total. The lowest BCUT2D eigenvalue weighted by Crippen LogP contribution is -2.47. The van der Waals surface area contributed by atoms with E-state index in [-0.39, 0.29) is 35.9 Å². The minimum atomic E-state index is -0.0443. The molecule has 1 aliphatic rings. The lowest BCUT2D eigenvalue weighted by Gasteiger charge is -2.33. The zero-order valence-electron chi connectivity index (χ0n) is 14.4. The quantitative estimate of drug-likeness (QED) is 0.308. The molecule has 22 heavy (non-hydrogen) atoms. The SMILES string of the molecule is CCOC(=O)C1CCN(C(=NC)NCC(CC)CC)CC1.I. The minimum Gasteiger partial charge on any atom is -0.466 e. The number of nitrogens with one attached hydrogen (secondary N) is 1. The molecule has 0 aromatic carbocycles. The maximum atomic E-state index is 11.8. The molecule has 5 nitrogen and oxygen atoms in total. The first kappa shape index (κ1) is 21.5. The van der Waals surface area contributed by atoms with Gasteiger partial charge in [-0.3, -0.25) is 9.79 Å². The first-order valence-corrected chi connectivity index (χ1v) is 8.28. The van der Waals surface area contributed by atoms with Crippen molar-refractivity contribution >= 4 is 35.9 Å². The third-order valence-electron chi connectivity index (χ3n) is 4.33. The first-order chi connectivity index (χ1) is 10.2. The molecule has 0 aliphatic carbocycles. The molecule has 1 aliphatic heterocycles. The van der Waals surface area contributed by atoms with Gasteiger partial charge in [0.15, 0.2) is 5.96 Å². The minimum absolute atomic E-state index is 0. The predicted octanol–water partition coefficient (Wildman–Crippen LogP) is 2.89. The highest BCUT2D eigenvalue weighted by molar-refractivity contribution is 14.0. The van der Waals surface area contributed by atoms with Crippen LogP contribution in [0.5, 0.6) is 0 Å². The fraction of sp³-hybridized carbons (Fsp3) is 0.875. The van der Waals surface area contributed by atoms with Crippen molar-refractivity contribution in [3.8, 4) is 0 Å². The second kappa shape index (κ2) is 12.0. The van der Waals surface area contributed by atoms with E-state index in [1.807, 2.05) is 14.0 Å². The van der Waals surface area contributed by atoms with Gasteiger partial charge in [-0.05, 0) is 25.7 Å². The molecule has 0 aromatic heterocycles. The van der Waals surface area contributed by atoms with Gasteiger partial charge in [0, 0.05) is 26.7 Å². The Morgan fingerprint density at radius 1 is 1.27 bits per heavy atom. The Labute approximate surface area is 152 Å². The number of hydrogen-bond donors (Lipinski definition) is 1. The summed E-state index contributed by atoms with van der Waals surface area (Å²) in [6.07, 6.45) is 4.08. The topological polar surface area (TPSA) is 53.9 Å². The predicted molar refractivity (Wildman–Crippen MR) is 102 cm³/mol. The molecule has 1 saturated heterocycles. The molecule has 1 fully saturated rings. The van der Waals surface area contributed by atoms with Gasteiger partial charge >= 0.3 is 5.97 Å². The van der Waals surface area contributed by atoms with Crippen molar-refractivity contribution in [2.24, 2.45) is 16.8 Å². The number of carbonyl (C=O) groups excluding carboxylic acids is 1. The van der Waals surface area contributed by atoms with Crippen molar-refractivity contribution in [3.05, 3.63) is 0 Å². The molecule has 0 bridgehead atoms. The van der Waals surface area contributed by atoms with E-state index in [1.54, 1.807) is 0 Å². The van der Waals surface area contributed by atoms with E-state index in [2.05, 4.69) is 29.1 Å². The highest BCUT2D eigenvalue weighted by Crippen LogP contribution is 2.18. The van der Waals surface area contributed by atoms with Crippen molar-refractivity contribution in [2.75, 3.05) is 33.3 Å². The standard InChI is InChI=1S/C16H31N3O2.HI/c1-5-13(6-2)12-18-16(17-4)19-10-8-14(9-11-19)15(20)21-7-3;/h13-14H,5-12H2,1-4H3,(H,17,18);1H. The van der Waals surface area contributed by atoms with Crippen LogP contribution < -0.4 is 5.32 Å². The Kier molecular flexibility index (Phi) is 11.7. The average Bonchev–Trinajstić information content (AvgIpc) is 2.52. The van der Waals surface area contributed by atoms with E-state index in [4.69, 9.17) is 4.74 Å². The second-order valence-electron chi connectivity index (χ2n) is 5.62. The van der Waals surface area contributed by atoms with Gasteiger partial charge in [-0.1, -0.05) is 26.7 Å². The van der Waals surface area contributed by atoms with Crippen molar-refractivity contribution in [1.82, 2.24) is 10.2 Å². The van der Waals surface area contributed by atoms with Crippen LogP contribution in [0.3, 0.4) is 0 Å². The van der Waals surface area contributed by atoms with Crippen molar-refractivity contribution < 1.29 is 9.53 Å². The highest BCUT2D eigenvalue weighted by atomic mass is 127. The number of ether oxygens (including phenoxy) is 1. The van der Waals surface area contributed by atoms with Crippen LogP contribution in [0.4, 0.5) is 0 Å². The third-order valence-corrected chi connectivity index (χ3v) is 4.33. The number of hydrogen-bond acceptors (Lipinski definition) is 3. The smallest absolute Gasteiger partial charge is 0.309 e. The molecule has 0 atom stereocenters. The Morgan fingerprint density at radius 3 is 2.32 bits per heavy atom. The van der Waals surface area contributed by atoms with Crippen molar-refractivity contribution in [3.63, 3.8) is 0 Å². The summed E-state index contributed by atoms with van der Waals surface area (Å²) < 4.78 is 5.11. The van der Waals surface area contributed by atoms with Crippen molar-refractivity contribution in [2.45, 2.75) is 46.5 Å². The number of rotatable bonds is 6.